The highest BCUT2D eigenvalue weighted by atomic mass is 16.8. The Hall–Kier alpha value is -1.51. The second-order valence-electron chi connectivity index (χ2n) is 6.75. The summed E-state index contributed by atoms with van der Waals surface area (Å²) in [5.41, 5.74) is -0.844. The molecule has 0 aliphatic carbocycles. The monoisotopic (exact) mass is 316 g/mol. The summed E-state index contributed by atoms with van der Waals surface area (Å²) >= 11 is 0. The highest BCUT2D eigenvalue weighted by Crippen LogP contribution is 2.39. The van der Waals surface area contributed by atoms with Crippen LogP contribution in [0, 0.1) is 0 Å². The SMILES string of the molecule is CC(C)(C)OC(=O)C(=O)[C@@H]1O[C@H](C(=O)O)[C@H]2OC(C)(C)O[C@H]21. The number of carboxylic acid groups (broad SMARTS) is 1. The van der Waals surface area contributed by atoms with E-state index in [2.05, 4.69) is 0 Å². The van der Waals surface area contributed by atoms with Crippen molar-refractivity contribution in [2.45, 2.75) is 70.4 Å². The van der Waals surface area contributed by atoms with E-state index in [-0.39, 0.29) is 0 Å². The summed E-state index contributed by atoms with van der Waals surface area (Å²) in [5.74, 6) is -4.40. The maximum atomic E-state index is 12.2. The van der Waals surface area contributed by atoms with Crippen molar-refractivity contribution in [1.82, 2.24) is 0 Å². The standard InChI is InChI=1S/C14H20O8/c1-13(2,3)22-12(18)6(15)7-8-9(10(19-7)11(16)17)21-14(4,5)20-8/h7-10H,1-5H3,(H,16,17)/t7-,8-,9-,10-/m0/s1. The van der Waals surface area contributed by atoms with Crippen LogP contribution in [-0.2, 0) is 33.3 Å². The number of Topliss-reactive ketones (excluding diaryl/α,β-unsaturated/α-hetero) is 1. The first-order chi connectivity index (χ1) is 9.91. The van der Waals surface area contributed by atoms with E-state index in [9.17, 15) is 14.4 Å². The van der Waals surface area contributed by atoms with Crippen molar-refractivity contribution in [2.24, 2.45) is 0 Å². The fraction of sp³-hybridized carbons (Fsp3) is 0.786. The van der Waals surface area contributed by atoms with Crippen LogP contribution in [-0.4, -0.2) is 58.6 Å². The molecule has 4 atom stereocenters. The summed E-state index contributed by atoms with van der Waals surface area (Å²) in [5, 5.41) is 9.17. The van der Waals surface area contributed by atoms with E-state index in [1.807, 2.05) is 0 Å². The largest absolute Gasteiger partial charge is 0.479 e. The lowest BCUT2D eigenvalue weighted by Crippen LogP contribution is -2.42. The number of carbonyl (C=O) groups excluding carboxylic acids is 2. The van der Waals surface area contributed by atoms with Gasteiger partial charge in [0.05, 0.1) is 0 Å². The van der Waals surface area contributed by atoms with Crippen molar-refractivity contribution in [2.75, 3.05) is 0 Å². The van der Waals surface area contributed by atoms with Crippen molar-refractivity contribution in [3.8, 4) is 0 Å². The average molecular weight is 316 g/mol. The zero-order valence-corrected chi connectivity index (χ0v) is 13.1. The zero-order valence-electron chi connectivity index (χ0n) is 13.1. The molecule has 2 rings (SSSR count). The topological polar surface area (TPSA) is 108 Å². The molecular formula is C14H20O8. The van der Waals surface area contributed by atoms with Gasteiger partial charge >= 0.3 is 11.9 Å². The summed E-state index contributed by atoms with van der Waals surface area (Å²) in [6.07, 6.45) is -4.65. The first kappa shape index (κ1) is 16.9. The Morgan fingerprint density at radius 2 is 1.55 bits per heavy atom. The second kappa shape index (κ2) is 5.29. The lowest BCUT2D eigenvalue weighted by Gasteiger charge is -2.23. The lowest BCUT2D eigenvalue weighted by molar-refractivity contribution is -0.197. The maximum absolute atomic E-state index is 12.2. The van der Waals surface area contributed by atoms with Crippen molar-refractivity contribution in [3.63, 3.8) is 0 Å². The molecule has 8 nitrogen and oxygen atoms in total. The van der Waals surface area contributed by atoms with Crippen LogP contribution >= 0.6 is 0 Å². The fourth-order valence-corrected chi connectivity index (χ4v) is 2.45. The van der Waals surface area contributed by atoms with Gasteiger partial charge in [-0.1, -0.05) is 0 Å². The Kier molecular flexibility index (Phi) is 4.05. The molecule has 0 aromatic heterocycles. The number of ether oxygens (including phenoxy) is 4. The van der Waals surface area contributed by atoms with E-state index in [0.717, 1.165) is 0 Å². The number of fused-ring (bicyclic) bond motifs is 1. The van der Waals surface area contributed by atoms with Gasteiger partial charge in [0, 0.05) is 0 Å². The first-order valence-corrected chi connectivity index (χ1v) is 6.92. The molecular weight excluding hydrogens is 296 g/mol. The number of ketones is 1. The maximum Gasteiger partial charge on any atom is 0.378 e. The molecule has 8 heteroatoms. The van der Waals surface area contributed by atoms with Crippen molar-refractivity contribution < 1.29 is 38.4 Å². The molecule has 124 valence electrons. The molecule has 1 N–H and O–H groups in total. The highest BCUT2D eigenvalue weighted by Gasteiger charge is 2.60. The number of carbonyl (C=O) groups is 3. The van der Waals surface area contributed by atoms with Gasteiger partial charge in [-0.2, -0.15) is 0 Å². The molecule has 0 aromatic rings. The van der Waals surface area contributed by atoms with Crippen LogP contribution in [0.15, 0.2) is 0 Å². The molecule has 2 aliphatic rings. The van der Waals surface area contributed by atoms with Crippen LogP contribution in [0.5, 0.6) is 0 Å². The number of hydrogen-bond donors (Lipinski definition) is 1. The number of esters is 1. The Labute approximate surface area is 127 Å². The molecule has 22 heavy (non-hydrogen) atoms. The molecule has 2 fully saturated rings. The van der Waals surface area contributed by atoms with E-state index in [1.54, 1.807) is 34.6 Å². The molecule has 0 unspecified atom stereocenters. The van der Waals surface area contributed by atoms with Gasteiger partial charge in [-0.15, -0.1) is 0 Å². The molecule has 2 saturated heterocycles. The Balaban J connectivity index is 2.19. The number of hydrogen-bond acceptors (Lipinski definition) is 7. The predicted octanol–water partition coefficient (Wildman–Crippen LogP) is 0.269. The molecule has 0 amide bonds. The first-order valence-electron chi connectivity index (χ1n) is 6.92. The third-order valence-corrected chi connectivity index (χ3v) is 3.16. The van der Waals surface area contributed by atoms with E-state index in [0.29, 0.717) is 0 Å². The quantitative estimate of drug-likeness (QED) is 0.584. The summed E-state index contributed by atoms with van der Waals surface area (Å²) in [7, 11) is 0. The summed E-state index contributed by atoms with van der Waals surface area (Å²) in [6.45, 7) is 8.05. The Bertz CT molecular complexity index is 503. The fourth-order valence-electron chi connectivity index (χ4n) is 2.45. The average Bonchev–Trinajstić information content (AvgIpc) is 2.78. The van der Waals surface area contributed by atoms with Crippen LogP contribution in [0.25, 0.3) is 0 Å². The normalized spacial score (nSPS) is 33.3. The minimum atomic E-state index is -1.37. The van der Waals surface area contributed by atoms with Gasteiger partial charge in [0.1, 0.15) is 17.8 Å². The van der Waals surface area contributed by atoms with Gasteiger partial charge in [-0.05, 0) is 34.6 Å². The zero-order chi connectivity index (χ0) is 16.9. The van der Waals surface area contributed by atoms with Gasteiger partial charge in [-0.3, -0.25) is 4.79 Å². The lowest BCUT2D eigenvalue weighted by atomic mass is 10.0. The minimum Gasteiger partial charge on any atom is -0.479 e. The second-order valence-corrected chi connectivity index (χ2v) is 6.75. The molecule has 0 saturated carbocycles. The summed E-state index contributed by atoms with van der Waals surface area (Å²) in [4.78, 5) is 35.3. The molecule has 0 spiro atoms. The van der Waals surface area contributed by atoms with Crippen LogP contribution in [0.1, 0.15) is 34.6 Å². The van der Waals surface area contributed by atoms with E-state index in [4.69, 9.17) is 24.1 Å². The van der Waals surface area contributed by atoms with E-state index < -0.39 is 53.5 Å². The van der Waals surface area contributed by atoms with Crippen molar-refractivity contribution in [3.05, 3.63) is 0 Å². The molecule has 0 radical (unpaired) electrons. The minimum absolute atomic E-state index is 0.844. The van der Waals surface area contributed by atoms with Crippen LogP contribution < -0.4 is 0 Å². The molecule has 2 heterocycles. The number of aliphatic carboxylic acids is 1. The Morgan fingerprint density at radius 3 is 2.00 bits per heavy atom. The predicted molar refractivity (Wildman–Crippen MR) is 71.0 cm³/mol. The van der Waals surface area contributed by atoms with Gasteiger partial charge in [0.25, 0.3) is 5.78 Å². The van der Waals surface area contributed by atoms with Crippen LogP contribution in [0.2, 0.25) is 0 Å². The van der Waals surface area contributed by atoms with E-state index in [1.165, 1.54) is 0 Å². The number of rotatable bonds is 3. The molecule has 0 bridgehead atoms. The van der Waals surface area contributed by atoms with Gasteiger partial charge in [0.2, 0.25) is 0 Å². The summed E-state index contributed by atoms with van der Waals surface area (Å²) in [6, 6.07) is 0. The highest BCUT2D eigenvalue weighted by molar-refractivity contribution is 6.35. The van der Waals surface area contributed by atoms with Crippen LogP contribution in [0.4, 0.5) is 0 Å². The molecule has 2 aliphatic heterocycles. The van der Waals surface area contributed by atoms with Gasteiger partial charge < -0.3 is 24.1 Å². The third-order valence-electron chi connectivity index (χ3n) is 3.16. The third kappa shape index (κ3) is 3.29. The van der Waals surface area contributed by atoms with E-state index >= 15 is 0 Å². The number of carboxylic acids is 1. The van der Waals surface area contributed by atoms with Crippen molar-refractivity contribution in [1.29, 1.82) is 0 Å². The van der Waals surface area contributed by atoms with Gasteiger partial charge in [0.15, 0.2) is 18.0 Å². The molecule has 0 aromatic carbocycles. The van der Waals surface area contributed by atoms with Gasteiger partial charge in [-0.25, -0.2) is 9.59 Å². The Morgan fingerprint density at radius 1 is 1.05 bits per heavy atom. The summed E-state index contributed by atoms with van der Waals surface area (Å²) < 4.78 is 21.2. The smallest absolute Gasteiger partial charge is 0.378 e. The van der Waals surface area contributed by atoms with Crippen molar-refractivity contribution >= 4 is 17.7 Å². The van der Waals surface area contributed by atoms with Crippen LogP contribution in [0.3, 0.4) is 0 Å².